The van der Waals surface area contributed by atoms with Crippen molar-refractivity contribution in [1.29, 1.82) is 0 Å². The van der Waals surface area contributed by atoms with Gasteiger partial charge in [0.1, 0.15) is 0 Å². The van der Waals surface area contributed by atoms with E-state index in [9.17, 15) is 0 Å². The molecule has 3 unspecified atom stereocenters. The Morgan fingerprint density at radius 1 is 1.28 bits per heavy atom. The van der Waals surface area contributed by atoms with E-state index in [-0.39, 0.29) is 0 Å². The SMILES string of the molecule is CCCNC1C(CN2CCC(C)C2)CCC1(C)C. The molecule has 0 bridgehead atoms. The zero-order valence-corrected chi connectivity index (χ0v) is 12.8. The fourth-order valence-corrected chi connectivity index (χ4v) is 3.98. The smallest absolute Gasteiger partial charge is 0.0159 e. The first-order chi connectivity index (χ1) is 8.53. The first-order valence-electron chi connectivity index (χ1n) is 7.98. The Labute approximate surface area is 114 Å². The van der Waals surface area contributed by atoms with Gasteiger partial charge in [-0.25, -0.2) is 0 Å². The van der Waals surface area contributed by atoms with E-state index in [1.807, 2.05) is 0 Å². The summed E-state index contributed by atoms with van der Waals surface area (Å²) >= 11 is 0. The molecule has 2 aliphatic rings. The fraction of sp³-hybridized carbons (Fsp3) is 1.00. The van der Waals surface area contributed by atoms with Crippen molar-refractivity contribution in [2.45, 2.75) is 59.4 Å². The lowest BCUT2D eigenvalue weighted by atomic mass is 9.84. The van der Waals surface area contributed by atoms with Gasteiger partial charge in [0.2, 0.25) is 0 Å². The second kappa shape index (κ2) is 5.92. The number of nitrogens with zero attached hydrogens (tertiary/aromatic N) is 1. The fourth-order valence-electron chi connectivity index (χ4n) is 3.98. The number of likely N-dealkylation sites (tertiary alicyclic amines) is 1. The highest BCUT2D eigenvalue weighted by molar-refractivity contribution is 4.97. The van der Waals surface area contributed by atoms with Crippen molar-refractivity contribution in [3.05, 3.63) is 0 Å². The van der Waals surface area contributed by atoms with Crippen LogP contribution in [0.5, 0.6) is 0 Å². The van der Waals surface area contributed by atoms with Crippen LogP contribution in [0.4, 0.5) is 0 Å². The van der Waals surface area contributed by atoms with E-state index in [4.69, 9.17) is 0 Å². The first-order valence-corrected chi connectivity index (χ1v) is 7.98. The van der Waals surface area contributed by atoms with Gasteiger partial charge in [0.05, 0.1) is 0 Å². The van der Waals surface area contributed by atoms with Gasteiger partial charge in [-0.2, -0.15) is 0 Å². The second-order valence-electron chi connectivity index (χ2n) is 7.37. The van der Waals surface area contributed by atoms with Crippen LogP contribution >= 0.6 is 0 Å². The average molecular weight is 252 g/mol. The molecule has 1 heterocycles. The molecule has 2 nitrogen and oxygen atoms in total. The van der Waals surface area contributed by atoms with Crippen LogP contribution in [0.1, 0.15) is 53.4 Å². The lowest BCUT2D eigenvalue weighted by Gasteiger charge is -2.33. The summed E-state index contributed by atoms with van der Waals surface area (Å²) in [5.74, 6) is 1.79. The van der Waals surface area contributed by atoms with Crippen LogP contribution in [0.25, 0.3) is 0 Å². The molecule has 0 spiro atoms. The average Bonchev–Trinajstić information content (AvgIpc) is 2.82. The zero-order valence-electron chi connectivity index (χ0n) is 12.8. The summed E-state index contributed by atoms with van der Waals surface area (Å²) in [5, 5.41) is 3.83. The van der Waals surface area contributed by atoms with Crippen LogP contribution in [0, 0.1) is 17.3 Å². The van der Waals surface area contributed by atoms with Crippen LogP contribution in [0.2, 0.25) is 0 Å². The number of nitrogens with one attached hydrogen (secondary N) is 1. The molecule has 2 heteroatoms. The molecule has 2 rings (SSSR count). The molecule has 0 aromatic carbocycles. The molecule has 2 fully saturated rings. The van der Waals surface area contributed by atoms with Gasteiger partial charge in [0, 0.05) is 19.1 Å². The van der Waals surface area contributed by atoms with Gasteiger partial charge in [-0.3, -0.25) is 0 Å². The van der Waals surface area contributed by atoms with Crippen LogP contribution in [-0.4, -0.2) is 37.1 Å². The minimum Gasteiger partial charge on any atom is -0.313 e. The lowest BCUT2D eigenvalue weighted by molar-refractivity contribution is 0.201. The number of rotatable bonds is 5. The lowest BCUT2D eigenvalue weighted by Crippen LogP contribution is -2.45. The van der Waals surface area contributed by atoms with E-state index >= 15 is 0 Å². The normalized spacial score (nSPS) is 36.3. The Hall–Kier alpha value is -0.0800. The Kier molecular flexibility index (Phi) is 4.71. The van der Waals surface area contributed by atoms with Gasteiger partial charge in [-0.15, -0.1) is 0 Å². The van der Waals surface area contributed by atoms with Gasteiger partial charge in [0.15, 0.2) is 0 Å². The molecule has 1 saturated carbocycles. The zero-order chi connectivity index (χ0) is 13.2. The number of hydrogen-bond acceptors (Lipinski definition) is 2. The first kappa shape index (κ1) is 14.3. The third-order valence-corrected chi connectivity index (χ3v) is 5.09. The van der Waals surface area contributed by atoms with Crippen molar-refractivity contribution in [1.82, 2.24) is 10.2 Å². The maximum Gasteiger partial charge on any atom is 0.0159 e. The van der Waals surface area contributed by atoms with Gasteiger partial charge >= 0.3 is 0 Å². The summed E-state index contributed by atoms with van der Waals surface area (Å²) in [4.78, 5) is 2.71. The monoisotopic (exact) mass is 252 g/mol. The molecule has 1 aliphatic carbocycles. The highest BCUT2D eigenvalue weighted by Crippen LogP contribution is 2.42. The highest BCUT2D eigenvalue weighted by atomic mass is 15.2. The second-order valence-corrected chi connectivity index (χ2v) is 7.37. The summed E-state index contributed by atoms with van der Waals surface area (Å²) in [6, 6.07) is 0.730. The molecule has 18 heavy (non-hydrogen) atoms. The van der Waals surface area contributed by atoms with Crippen molar-refractivity contribution in [2.75, 3.05) is 26.2 Å². The minimum atomic E-state index is 0.491. The van der Waals surface area contributed by atoms with Crippen LogP contribution in [-0.2, 0) is 0 Å². The van der Waals surface area contributed by atoms with E-state index in [1.54, 1.807) is 0 Å². The van der Waals surface area contributed by atoms with Gasteiger partial charge < -0.3 is 10.2 Å². The van der Waals surface area contributed by atoms with Crippen LogP contribution < -0.4 is 5.32 Å². The van der Waals surface area contributed by atoms with Gasteiger partial charge in [-0.1, -0.05) is 27.7 Å². The molecule has 0 aromatic heterocycles. The van der Waals surface area contributed by atoms with Crippen molar-refractivity contribution in [3.63, 3.8) is 0 Å². The molecule has 1 saturated heterocycles. The van der Waals surface area contributed by atoms with Crippen LogP contribution in [0.3, 0.4) is 0 Å². The van der Waals surface area contributed by atoms with Crippen LogP contribution in [0.15, 0.2) is 0 Å². The summed E-state index contributed by atoms with van der Waals surface area (Å²) in [6.07, 6.45) is 5.46. The molecule has 106 valence electrons. The molecule has 0 aromatic rings. The maximum absolute atomic E-state index is 3.83. The Balaban J connectivity index is 1.90. The van der Waals surface area contributed by atoms with E-state index < -0.39 is 0 Å². The standard InChI is InChI=1S/C16H32N2/c1-5-9-17-15-14(6-8-16(15,3)4)12-18-10-7-13(2)11-18/h13-15,17H,5-12H2,1-4H3. The summed E-state index contributed by atoms with van der Waals surface area (Å²) < 4.78 is 0. The van der Waals surface area contributed by atoms with E-state index in [2.05, 4.69) is 37.9 Å². The van der Waals surface area contributed by atoms with E-state index in [0.717, 1.165) is 17.9 Å². The third kappa shape index (κ3) is 3.27. The van der Waals surface area contributed by atoms with Gasteiger partial charge in [-0.05, 0) is 56.0 Å². The molecular formula is C16H32N2. The number of hydrogen-bond donors (Lipinski definition) is 1. The Bertz CT molecular complexity index is 262. The van der Waals surface area contributed by atoms with Crippen molar-refractivity contribution < 1.29 is 0 Å². The predicted octanol–water partition coefficient (Wildman–Crippen LogP) is 3.13. The van der Waals surface area contributed by atoms with E-state index in [0.29, 0.717) is 5.41 Å². The summed E-state index contributed by atoms with van der Waals surface area (Å²) in [7, 11) is 0. The molecule has 3 atom stereocenters. The predicted molar refractivity (Wildman–Crippen MR) is 78.8 cm³/mol. The molecule has 1 N–H and O–H groups in total. The Morgan fingerprint density at radius 3 is 2.67 bits per heavy atom. The highest BCUT2D eigenvalue weighted by Gasteiger charge is 2.42. The minimum absolute atomic E-state index is 0.491. The topological polar surface area (TPSA) is 15.3 Å². The van der Waals surface area contributed by atoms with E-state index in [1.165, 1.54) is 51.9 Å². The third-order valence-electron chi connectivity index (χ3n) is 5.09. The van der Waals surface area contributed by atoms with Crippen molar-refractivity contribution in [3.8, 4) is 0 Å². The van der Waals surface area contributed by atoms with Crippen molar-refractivity contribution in [2.24, 2.45) is 17.3 Å². The van der Waals surface area contributed by atoms with Crippen molar-refractivity contribution >= 4 is 0 Å². The molecule has 1 aliphatic heterocycles. The van der Waals surface area contributed by atoms with Gasteiger partial charge in [0.25, 0.3) is 0 Å². The summed E-state index contributed by atoms with van der Waals surface area (Å²) in [5.41, 5.74) is 0.491. The molecular weight excluding hydrogens is 220 g/mol. The largest absolute Gasteiger partial charge is 0.313 e. The summed E-state index contributed by atoms with van der Waals surface area (Å²) in [6.45, 7) is 14.7. The molecule has 0 radical (unpaired) electrons. The quantitative estimate of drug-likeness (QED) is 0.809. The molecule has 0 amide bonds. The maximum atomic E-state index is 3.83. The Morgan fingerprint density at radius 2 is 2.06 bits per heavy atom.